The first-order chi connectivity index (χ1) is 16.0. The van der Waals surface area contributed by atoms with Crippen LogP contribution in [-0.4, -0.2) is 30.7 Å². The number of carbonyl (C=O) groups excluding carboxylic acids is 1. The predicted octanol–water partition coefficient (Wildman–Crippen LogP) is 3.85. The van der Waals surface area contributed by atoms with Gasteiger partial charge in [0.05, 0.1) is 5.69 Å². The van der Waals surface area contributed by atoms with Gasteiger partial charge in [-0.25, -0.2) is 14.5 Å². The van der Waals surface area contributed by atoms with Crippen LogP contribution in [0, 0.1) is 13.8 Å². The van der Waals surface area contributed by atoms with Crippen LogP contribution in [0.1, 0.15) is 21.5 Å². The first-order valence-electron chi connectivity index (χ1n) is 10.4. The standard InChI is InChI=1S/C25H20N6O2/c1-16-7-8-18(13-17(16)2)23-24(31-22(29-23)6-3-10-27-31)19-9-11-26-21(14-19)28-25(32)20-5-4-12-30(33)15-20/h3-15H,1-2H3,(H-,26,28,32,33)/p+1. The zero-order valence-corrected chi connectivity index (χ0v) is 18.1. The molecule has 5 rings (SSSR count). The molecule has 1 amide bonds. The third-order valence-corrected chi connectivity index (χ3v) is 5.50. The van der Waals surface area contributed by atoms with Gasteiger partial charge in [-0.15, -0.1) is 0 Å². The Hall–Kier alpha value is -4.59. The number of hydrogen-bond donors (Lipinski definition) is 2. The number of aryl methyl sites for hydroxylation is 2. The van der Waals surface area contributed by atoms with Gasteiger partial charge >= 0.3 is 0 Å². The van der Waals surface area contributed by atoms with Gasteiger partial charge in [0, 0.05) is 34.3 Å². The fraction of sp³-hybridized carbons (Fsp3) is 0.0800. The monoisotopic (exact) mass is 437 g/mol. The highest BCUT2D eigenvalue weighted by molar-refractivity contribution is 6.03. The lowest BCUT2D eigenvalue weighted by Gasteiger charge is -2.09. The molecule has 0 unspecified atom stereocenters. The molecule has 0 aliphatic rings. The molecule has 0 aliphatic heterocycles. The molecule has 0 bridgehead atoms. The summed E-state index contributed by atoms with van der Waals surface area (Å²) in [6.45, 7) is 4.15. The molecule has 0 saturated heterocycles. The number of aromatic nitrogens is 5. The van der Waals surface area contributed by atoms with Crippen LogP contribution in [0.3, 0.4) is 0 Å². The van der Waals surface area contributed by atoms with Crippen molar-refractivity contribution in [1.29, 1.82) is 0 Å². The number of carbonyl (C=O) groups is 1. The number of nitrogens with one attached hydrogen (secondary N) is 1. The van der Waals surface area contributed by atoms with Crippen molar-refractivity contribution >= 4 is 17.4 Å². The summed E-state index contributed by atoms with van der Waals surface area (Å²) in [4.78, 5) is 21.8. The molecule has 0 aliphatic carbocycles. The molecule has 0 radical (unpaired) electrons. The second kappa shape index (κ2) is 8.16. The van der Waals surface area contributed by atoms with Crippen LogP contribution >= 0.6 is 0 Å². The van der Waals surface area contributed by atoms with Gasteiger partial charge in [-0.3, -0.25) is 10.0 Å². The van der Waals surface area contributed by atoms with Crippen LogP contribution in [0.25, 0.3) is 28.2 Å². The number of pyridine rings is 2. The second-order valence-electron chi connectivity index (χ2n) is 7.76. The van der Waals surface area contributed by atoms with Gasteiger partial charge in [0.2, 0.25) is 12.4 Å². The minimum absolute atomic E-state index is 0.305. The Morgan fingerprint density at radius 1 is 1.00 bits per heavy atom. The fourth-order valence-electron chi connectivity index (χ4n) is 3.67. The van der Waals surface area contributed by atoms with E-state index in [4.69, 9.17) is 4.98 Å². The third-order valence-electron chi connectivity index (χ3n) is 5.50. The molecule has 1 aromatic carbocycles. The van der Waals surface area contributed by atoms with Crippen LogP contribution in [0.4, 0.5) is 5.82 Å². The Kier molecular flexibility index (Phi) is 5.02. The van der Waals surface area contributed by atoms with Gasteiger partial charge < -0.3 is 5.32 Å². The molecular weight excluding hydrogens is 416 g/mol. The highest BCUT2D eigenvalue weighted by Gasteiger charge is 2.19. The van der Waals surface area contributed by atoms with E-state index in [2.05, 4.69) is 47.4 Å². The summed E-state index contributed by atoms with van der Waals surface area (Å²) in [6, 6.07) is 16.8. The van der Waals surface area contributed by atoms with E-state index in [9.17, 15) is 10.0 Å². The molecule has 4 heterocycles. The van der Waals surface area contributed by atoms with Gasteiger partial charge in [-0.2, -0.15) is 5.10 Å². The Labute approximate surface area is 189 Å². The van der Waals surface area contributed by atoms with Gasteiger partial charge in [0.15, 0.2) is 5.65 Å². The van der Waals surface area contributed by atoms with E-state index in [0.717, 1.165) is 32.9 Å². The van der Waals surface area contributed by atoms with E-state index in [0.29, 0.717) is 11.4 Å². The topological polar surface area (TPSA) is 96.3 Å². The van der Waals surface area contributed by atoms with E-state index in [1.54, 1.807) is 35.1 Å². The first kappa shape index (κ1) is 20.3. The molecular formula is C25H21N6O2+. The number of hydrogen-bond acceptors (Lipinski definition) is 5. The molecule has 0 saturated carbocycles. The lowest BCUT2D eigenvalue weighted by molar-refractivity contribution is -0.904. The van der Waals surface area contributed by atoms with Crippen LogP contribution in [-0.2, 0) is 0 Å². The molecule has 162 valence electrons. The molecule has 2 N–H and O–H groups in total. The predicted molar refractivity (Wildman–Crippen MR) is 123 cm³/mol. The van der Waals surface area contributed by atoms with E-state index < -0.39 is 0 Å². The minimum Gasteiger partial charge on any atom is -0.306 e. The average Bonchev–Trinajstić information content (AvgIpc) is 3.21. The van der Waals surface area contributed by atoms with Crippen molar-refractivity contribution < 1.29 is 14.7 Å². The maximum absolute atomic E-state index is 12.6. The summed E-state index contributed by atoms with van der Waals surface area (Å²) in [6.07, 6.45) is 6.10. The van der Waals surface area contributed by atoms with Crippen molar-refractivity contribution in [3.8, 4) is 22.5 Å². The van der Waals surface area contributed by atoms with Gasteiger partial charge in [-0.05, 0) is 61.4 Å². The number of amides is 1. The maximum atomic E-state index is 12.6. The normalized spacial score (nSPS) is 11.0. The summed E-state index contributed by atoms with van der Waals surface area (Å²) < 4.78 is 2.62. The largest absolute Gasteiger partial charge is 0.306 e. The molecule has 0 fully saturated rings. The highest BCUT2D eigenvalue weighted by atomic mass is 16.5. The molecule has 4 aromatic heterocycles. The van der Waals surface area contributed by atoms with E-state index in [1.165, 1.54) is 23.5 Å². The van der Waals surface area contributed by atoms with E-state index in [-0.39, 0.29) is 5.91 Å². The summed E-state index contributed by atoms with van der Waals surface area (Å²) >= 11 is 0. The number of benzene rings is 1. The molecule has 33 heavy (non-hydrogen) atoms. The van der Waals surface area contributed by atoms with Crippen LogP contribution < -0.4 is 10.0 Å². The van der Waals surface area contributed by atoms with Crippen LogP contribution in [0.5, 0.6) is 0 Å². The molecule has 8 nitrogen and oxygen atoms in total. The maximum Gasteiger partial charge on any atom is 0.263 e. The first-order valence-corrected chi connectivity index (χ1v) is 10.4. The molecule has 0 spiro atoms. The van der Waals surface area contributed by atoms with Crippen LogP contribution in [0.15, 0.2) is 79.4 Å². The SMILES string of the molecule is Cc1ccc(-c2nc3cccnn3c2-c2ccnc(NC(=O)c3ccc[n+](O)c3)c2)cc1C. The molecule has 8 heteroatoms. The van der Waals surface area contributed by atoms with E-state index in [1.807, 2.05) is 18.2 Å². The van der Waals surface area contributed by atoms with Crippen LogP contribution in [0.2, 0.25) is 0 Å². The zero-order chi connectivity index (χ0) is 22.9. The van der Waals surface area contributed by atoms with Crippen molar-refractivity contribution in [2.24, 2.45) is 0 Å². The number of rotatable bonds is 4. The zero-order valence-electron chi connectivity index (χ0n) is 18.1. The van der Waals surface area contributed by atoms with Crippen molar-refractivity contribution in [3.05, 3.63) is 96.1 Å². The van der Waals surface area contributed by atoms with Gasteiger partial charge in [0.25, 0.3) is 5.91 Å². The second-order valence-corrected chi connectivity index (χ2v) is 7.76. The lowest BCUT2D eigenvalue weighted by Crippen LogP contribution is -2.30. The van der Waals surface area contributed by atoms with Gasteiger partial charge in [-0.1, -0.05) is 12.1 Å². The summed E-state index contributed by atoms with van der Waals surface area (Å²) in [5.41, 5.74) is 6.81. The smallest absolute Gasteiger partial charge is 0.263 e. The van der Waals surface area contributed by atoms with E-state index >= 15 is 0 Å². The summed E-state index contributed by atoms with van der Waals surface area (Å²) in [5.74, 6) is -0.00328. The molecule has 5 aromatic rings. The van der Waals surface area contributed by atoms with Crippen molar-refractivity contribution in [3.63, 3.8) is 0 Å². The minimum atomic E-state index is -0.381. The van der Waals surface area contributed by atoms with Crippen molar-refractivity contribution in [2.45, 2.75) is 13.8 Å². The number of nitrogens with zero attached hydrogens (tertiary/aromatic N) is 5. The Bertz CT molecular complexity index is 1510. The average molecular weight is 437 g/mol. The van der Waals surface area contributed by atoms with Crippen molar-refractivity contribution in [2.75, 3.05) is 5.32 Å². The summed E-state index contributed by atoms with van der Waals surface area (Å²) in [7, 11) is 0. The van der Waals surface area contributed by atoms with Crippen molar-refractivity contribution in [1.82, 2.24) is 19.6 Å². The quantitative estimate of drug-likeness (QED) is 0.329. The third kappa shape index (κ3) is 3.89. The van der Waals surface area contributed by atoms with Gasteiger partial charge in [0.1, 0.15) is 17.1 Å². The number of anilines is 1. The number of fused-ring (bicyclic) bond motifs is 1. The Morgan fingerprint density at radius 3 is 2.70 bits per heavy atom. The summed E-state index contributed by atoms with van der Waals surface area (Å²) in [5, 5.41) is 16.9. The Morgan fingerprint density at radius 2 is 1.88 bits per heavy atom. The Balaban J connectivity index is 1.59. The highest BCUT2D eigenvalue weighted by Crippen LogP contribution is 2.33. The molecule has 0 atom stereocenters. The number of imidazole rings is 1. The fourth-order valence-corrected chi connectivity index (χ4v) is 3.67. The lowest BCUT2D eigenvalue weighted by atomic mass is 10.0.